The third-order valence-electron chi connectivity index (χ3n) is 5.22. The number of nitrogens with zero attached hydrogens (tertiary/aromatic N) is 2. The number of carbonyl (C=O) groups is 3. The minimum Gasteiger partial charge on any atom is -0.370 e. The Kier molecular flexibility index (Phi) is 6.36. The van der Waals surface area contributed by atoms with Gasteiger partial charge in [0.2, 0.25) is 13.3 Å². The average Bonchev–Trinajstić information content (AvgIpc) is 3.00. The van der Waals surface area contributed by atoms with Crippen LogP contribution in [0.1, 0.15) is 47.0 Å². The van der Waals surface area contributed by atoms with E-state index >= 15 is 0 Å². The van der Waals surface area contributed by atoms with Gasteiger partial charge in [-0.25, -0.2) is 4.79 Å². The molecular weight excluding hydrogens is 403 g/mol. The summed E-state index contributed by atoms with van der Waals surface area (Å²) in [5.74, 6) is -2.12. The van der Waals surface area contributed by atoms with Crippen LogP contribution in [0.4, 0.5) is 0 Å². The van der Waals surface area contributed by atoms with Crippen molar-refractivity contribution in [3.63, 3.8) is 0 Å². The molecule has 29 heavy (non-hydrogen) atoms. The van der Waals surface area contributed by atoms with Gasteiger partial charge in [-0.3, -0.25) is 14.2 Å². The van der Waals surface area contributed by atoms with E-state index in [4.69, 9.17) is 4.84 Å². The summed E-state index contributed by atoms with van der Waals surface area (Å²) in [5, 5.41) is 20.4. The molecule has 4 atom stereocenters. The summed E-state index contributed by atoms with van der Waals surface area (Å²) in [7, 11) is -4.07. The molecule has 1 fully saturated rings. The van der Waals surface area contributed by atoms with E-state index in [9.17, 15) is 34.1 Å². The van der Waals surface area contributed by atoms with Gasteiger partial charge in [-0.15, -0.1) is 5.06 Å². The van der Waals surface area contributed by atoms with Crippen LogP contribution in [0.25, 0.3) is 0 Å². The molecule has 2 aliphatic heterocycles. The highest BCUT2D eigenvalue weighted by molar-refractivity contribution is 7.59. The molecule has 4 unspecified atom stereocenters. The van der Waals surface area contributed by atoms with Gasteiger partial charge < -0.3 is 24.8 Å². The van der Waals surface area contributed by atoms with Crippen LogP contribution in [0, 0.1) is 5.41 Å². The lowest BCUT2D eigenvalue weighted by molar-refractivity contribution is -0.222. The molecule has 10 nitrogen and oxygen atoms in total. The van der Waals surface area contributed by atoms with Crippen LogP contribution in [0.3, 0.4) is 0 Å². The lowest BCUT2D eigenvalue weighted by Gasteiger charge is -2.45. The van der Waals surface area contributed by atoms with Crippen LogP contribution < -0.4 is 0 Å². The maximum atomic E-state index is 12.8. The number of aliphatic hydroxyl groups excluding tert-OH is 2. The highest BCUT2D eigenvalue weighted by atomic mass is 31.2. The van der Waals surface area contributed by atoms with Crippen LogP contribution >= 0.6 is 7.37 Å². The van der Waals surface area contributed by atoms with Gasteiger partial charge in [0, 0.05) is 31.1 Å². The predicted octanol–water partition coefficient (Wildman–Crippen LogP) is 0.566. The van der Waals surface area contributed by atoms with E-state index in [-0.39, 0.29) is 19.3 Å². The van der Waals surface area contributed by atoms with Crippen molar-refractivity contribution in [3.05, 3.63) is 12.2 Å². The number of rotatable bonds is 7. The Morgan fingerprint density at radius 1 is 1.31 bits per heavy atom. The molecule has 0 saturated carbocycles. The average molecular weight is 432 g/mol. The molecule has 1 saturated heterocycles. The van der Waals surface area contributed by atoms with E-state index < -0.39 is 54.2 Å². The molecule has 2 heterocycles. The Balaban J connectivity index is 2.28. The Morgan fingerprint density at radius 2 is 1.90 bits per heavy atom. The molecule has 2 rings (SSSR count). The molecule has 0 spiro atoms. The number of carbonyl (C=O) groups excluding carboxylic acids is 3. The molecule has 0 radical (unpaired) electrons. The summed E-state index contributed by atoms with van der Waals surface area (Å²) in [6.07, 6.45) is 0.295. The largest absolute Gasteiger partial charge is 0.370 e. The van der Waals surface area contributed by atoms with Crippen LogP contribution in [-0.4, -0.2) is 73.2 Å². The molecule has 164 valence electrons. The summed E-state index contributed by atoms with van der Waals surface area (Å²) in [4.78, 5) is 53.3. The Hall–Kier alpha value is -1.74. The summed E-state index contributed by atoms with van der Waals surface area (Å²) >= 11 is 0. The van der Waals surface area contributed by atoms with E-state index in [0.29, 0.717) is 5.06 Å². The van der Waals surface area contributed by atoms with E-state index in [1.165, 1.54) is 17.1 Å². The van der Waals surface area contributed by atoms with Gasteiger partial charge in [-0.2, -0.15) is 0 Å². The molecule has 11 heteroatoms. The zero-order valence-electron chi connectivity index (χ0n) is 17.2. The van der Waals surface area contributed by atoms with Crippen molar-refractivity contribution in [1.82, 2.24) is 9.96 Å². The second-order valence-electron chi connectivity index (χ2n) is 8.95. The van der Waals surface area contributed by atoms with Gasteiger partial charge in [0.05, 0.1) is 0 Å². The number of hydroxylamine groups is 2. The summed E-state index contributed by atoms with van der Waals surface area (Å²) in [5.41, 5.74) is -3.67. The van der Waals surface area contributed by atoms with Crippen molar-refractivity contribution >= 4 is 25.2 Å². The first-order valence-corrected chi connectivity index (χ1v) is 11.5. The minimum atomic E-state index is -4.07. The topological polar surface area (TPSA) is 145 Å². The maximum absolute atomic E-state index is 12.8. The highest BCUT2D eigenvalue weighted by Gasteiger charge is 2.52. The smallest absolute Gasteiger partial charge is 0.345 e. The van der Waals surface area contributed by atoms with Gasteiger partial charge >= 0.3 is 5.97 Å². The van der Waals surface area contributed by atoms with Crippen molar-refractivity contribution in [3.8, 4) is 0 Å². The van der Waals surface area contributed by atoms with Crippen LogP contribution in [0.2, 0.25) is 0 Å². The molecule has 0 aromatic carbocycles. The van der Waals surface area contributed by atoms with Crippen molar-refractivity contribution < 1.29 is 38.9 Å². The van der Waals surface area contributed by atoms with Crippen LogP contribution in [-0.2, 0) is 23.8 Å². The zero-order valence-corrected chi connectivity index (χ0v) is 18.1. The first-order chi connectivity index (χ1) is 13.1. The molecule has 0 aromatic heterocycles. The summed E-state index contributed by atoms with van der Waals surface area (Å²) in [6, 6.07) is 0. The fourth-order valence-electron chi connectivity index (χ4n) is 4.49. The zero-order chi connectivity index (χ0) is 22.4. The van der Waals surface area contributed by atoms with Crippen molar-refractivity contribution in [2.24, 2.45) is 5.41 Å². The molecule has 0 bridgehead atoms. The monoisotopic (exact) mass is 432 g/mol. The second kappa shape index (κ2) is 7.83. The minimum absolute atomic E-state index is 0.000405. The Labute approximate surface area is 169 Å². The van der Waals surface area contributed by atoms with Gasteiger partial charge in [-0.05, 0) is 31.8 Å². The van der Waals surface area contributed by atoms with E-state index in [1.54, 1.807) is 27.7 Å². The lowest BCUT2D eigenvalue weighted by atomic mass is 9.76. The van der Waals surface area contributed by atoms with E-state index in [0.717, 1.165) is 6.66 Å². The van der Waals surface area contributed by atoms with Crippen LogP contribution in [0.15, 0.2) is 12.2 Å². The molecule has 0 aromatic rings. The SMILES string of the molecule is CC(C)(CC(C)(C)N1C(=O)C=CC1O)C(C(=O)ON1C(=O)CCC1O)P(C)(=O)O. The lowest BCUT2D eigenvalue weighted by Crippen LogP contribution is -2.54. The number of aliphatic hydroxyl groups is 2. The normalized spacial score (nSPS) is 26.1. The predicted molar refractivity (Wildman–Crippen MR) is 102 cm³/mol. The Bertz CT molecular complexity index is 772. The standard InChI is InChI=1S/C18H29N2O8P/c1-17(2,10-18(3,4)19-11(21)6-7-12(19)22)15(29(5,26)27)16(25)28-20-13(23)8-9-14(20)24/h6-7,11,13,15,21,23H,8-10H2,1-5H3,(H,26,27). The molecule has 2 amide bonds. The number of hydrogen-bond acceptors (Lipinski definition) is 7. The maximum Gasteiger partial charge on any atom is 0.345 e. The third-order valence-corrected chi connectivity index (χ3v) is 7.09. The summed E-state index contributed by atoms with van der Waals surface area (Å²) < 4.78 is 12.6. The van der Waals surface area contributed by atoms with Crippen molar-refractivity contribution in [2.45, 2.75) is 70.6 Å². The second-order valence-corrected chi connectivity index (χ2v) is 11.4. The van der Waals surface area contributed by atoms with E-state index in [1.807, 2.05) is 0 Å². The molecule has 3 N–H and O–H groups in total. The molecule has 2 aliphatic rings. The fourth-order valence-corrected chi connectivity index (χ4v) is 6.31. The Morgan fingerprint density at radius 3 is 2.31 bits per heavy atom. The molecular formula is C18H29N2O8P. The van der Waals surface area contributed by atoms with E-state index in [2.05, 4.69) is 0 Å². The molecule has 0 aliphatic carbocycles. The van der Waals surface area contributed by atoms with Gasteiger partial charge in [0.25, 0.3) is 5.91 Å². The first kappa shape index (κ1) is 23.5. The fraction of sp³-hybridized carbons (Fsp3) is 0.722. The number of amides is 2. The highest BCUT2D eigenvalue weighted by Crippen LogP contribution is 2.54. The quantitative estimate of drug-likeness (QED) is 0.495. The summed E-state index contributed by atoms with van der Waals surface area (Å²) in [6.45, 7) is 7.53. The van der Waals surface area contributed by atoms with Gasteiger partial charge in [0.1, 0.15) is 11.9 Å². The van der Waals surface area contributed by atoms with Crippen LogP contribution in [0.5, 0.6) is 0 Å². The third kappa shape index (κ3) is 4.88. The van der Waals surface area contributed by atoms with Gasteiger partial charge in [-0.1, -0.05) is 13.8 Å². The number of hydrogen-bond donors (Lipinski definition) is 3. The van der Waals surface area contributed by atoms with Crippen molar-refractivity contribution in [1.29, 1.82) is 0 Å². The van der Waals surface area contributed by atoms with Gasteiger partial charge in [0.15, 0.2) is 6.23 Å². The first-order valence-electron chi connectivity index (χ1n) is 9.29. The van der Waals surface area contributed by atoms with Crippen molar-refractivity contribution in [2.75, 3.05) is 6.66 Å².